The molecule has 0 aliphatic carbocycles. The quantitative estimate of drug-likeness (QED) is 0.919. The summed E-state index contributed by atoms with van der Waals surface area (Å²) in [5.74, 6) is -0.0271. The molecule has 2 aromatic rings. The number of carbonyl (C=O) groups is 1. The van der Waals surface area contributed by atoms with E-state index in [1.165, 1.54) is 5.56 Å². The van der Waals surface area contributed by atoms with Crippen LogP contribution in [0, 0.1) is 6.92 Å². The third-order valence-electron chi connectivity index (χ3n) is 4.37. The summed E-state index contributed by atoms with van der Waals surface area (Å²) in [5.41, 5.74) is 4.16. The number of ether oxygens (including phenoxy) is 1. The van der Waals surface area contributed by atoms with Gasteiger partial charge in [-0.25, -0.2) is 0 Å². The normalized spacial score (nSPS) is 17.4. The van der Waals surface area contributed by atoms with Gasteiger partial charge in [-0.3, -0.25) is 4.79 Å². The second-order valence-corrected chi connectivity index (χ2v) is 6.11. The van der Waals surface area contributed by atoms with Crippen molar-refractivity contribution in [3.63, 3.8) is 0 Å². The van der Waals surface area contributed by atoms with Gasteiger partial charge < -0.3 is 14.6 Å². The summed E-state index contributed by atoms with van der Waals surface area (Å²) in [5, 5.41) is 3.00. The molecular formula is C19H24N2O2. The van der Waals surface area contributed by atoms with Gasteiger partial charge in [0.05, 0.1) is 6.10 Å². The van der Waals surface area contributed by atoms with E-state index in [4.69, 9.17) is 4.74 Å². The van der Waals surface area contributed by atoms with Crippen molar-refractivity contribution in [2.24, 2.45) is 0 Å². The van der Waals surface area contributed by atoms with Crippen LogP contribution in [0.15, 0.2) is 36.5 Å². The molecule has 3 rings (SSSR count). The van der Waals surface area contributed by atoms with E-state index in [-0.39, 0.29) is 12.0 Å². The molecule has 1 N–H and O–H groups in total. The maximum Gasteiger partial charge on any atom is 0.268 e. The number of nitrogens with zero attached hydrogens (tertiary/aromatic N) is 1. The van der Waals surface area contributed by atoms with Crippen LogP contribution in [-0.4, -0.2) is 29.7 Å². The van der Waals surface area contributed by atoms with Gasteiger partial charge >= 0.3 is 0 Å². The lowest BCUT2D eigenvalue weighted by Crippen LogP contribution is -2.32. The van der Waals surface area contributed by atoms with Gasteiger partial charge in [-0.05, 0) is 38.3 Å². The lowest BCUT2D eigenvalue weighted by atomic mass is 10.1. The van der Waals surface area contributed by atoms with E-state index in [0.29, 0.717) is 12.2 Å². The SMILES string of the molecule is CCn1cc(-c2ccc(C)cc2)cc1C(=O)NC[C@H]1CCCO1. The van der Waals surface area contributed by atoms with Gasteiger partial charge in [0.15, 0.2) is 0 Å². The zero-order valence-electron chi connectivity index (χ0n) is 13.8. The molecule has 23 heavy (non-hydrogen) atoms. The zero-order valence-corrected chi connectivity index (χ0v) is 13.8. The van der Waals surface area contributed by atoms with E-state index >= 15 is 0 Å². The van der Waals surface area contributed by atoms with Crippen LogP contribution >= 0.6 is 0 Å². The standard InChI is InChI=1S/C19H24N2O2/c1-3-21-13-16(15-8-6-14(2)7-9-15)11-18(21)19(22)20-12-17-5-4-10-23-17/h6-9,11,13,17H,3-5,10,12H2,1-2H3,(H,20,22)/t17-/m1/s1. The molecule has 1 atom stereocenters. The Balaban J connectivity index is 1.75. The van der Waals surface area contributed by atoms with Crippen molar-refractivity contribution in [2.45, 2.75) is 39.3 Å². The highest BCUT2D eigenvalue weighted by atomic mass is 16.5. The number of nitrogens with one attached hydrogen (secondary N) is 1. The van der Waals surface area contributed by atoms with E-state index in [1.807, 2.05) is 16.8 Å². The maximum absolute atomic E-state index is 12.5. The fourth-order valence-corrected chi connectivity index (χ4v) is 2.97. The van der Waals surface area contributed by atoms with Crippen LogP contribution < -0.4 is 5.32 Å². The predicted molar refractivity (Wildman–Crippen MR) is 91.6 cm³/mol. The third kappa shape index (κ3) is 3.64. The smallest absolute Gasteiger partial charge is 0.268 e. The fraction of sp³-hybridized carbons (Fsp3) is 0.421. The molecule has 1 fully saturated rings. The molecule has 122 valence electrons. The Kier molecular flexibility index (Phi) is 4.82. The highest BCUT2D eigenvalue weighted by Gasteiger charge is 2.18. The van der Waals surface area contributed by atoms with Crippen molar-refractivity contribution < 1.29 is 9.53 Å². The molecule has 1 amide bonds. The van der Waals surface area contributed by atoms with Gasteiger partial charge in [0, 0.05) is 31.5 Å². The van der Waals surface area contributed by atoms with Crippen LogP contribution in [0.2, 0.25) is 0 Å². The lowest BCUT2D eigenvalue weighted by molar-refractivity contribution is 0.0850. The first kappa shape index (κ1) is 15.8. The molecule has 0 radical (unpaired) electrons. The molecule has 0 saturated carbocycles. The Bertz CT molecular complexity index is 667. The number of hydrogen-bond donors (Lipinski definition) is 1. The van der Waals surface area contributed by atoms with E-state index in [2.05, 4.69) is 43.4 Å². The van der Waals surface area contributed by atoms with Crippen molar-refractivity contribution in [2.75, 3.05) is 13.2 Å². The number of aromatic nitrogens is 1. The minimum atomic E-state index is -0.0271. The molecule has 4 nitrogen and oxygen atoms in total. The largest absolute Gasteiger partial charge is 0.376 e. The molecule has 4 heteroatoms. The summed E-state index contributed by atoms with van der Waals surface area (Å²) in [6.07, 6.45) is 4.33. The molecule has 0 unspecified atom stereocenters. The van der Waals surface area contributed by atoms with Crippen LogP contribution in [0.5, 0.6) is 0 Å². The molecule has 1 aliphatic heterocycles. The molecule has 2 heterocycles. The van der Waals surface area contributed by atoms with Gasteiger partial charge in [0.2, 0.25) is 0 Å². The van der Waals surface area contributed by atoms with Crippen molar-refractivity contribution in [3.05, 3.63) is 47.8 Å². The van der Waals surface area contributed by atoms with E-state index < -0.39 is 0 Å². The number of carbonyl (C=O) groups excluding carboxylic acids is 1. The first-order valence-electron chi connectivity index (χ1n) is 8.34. The van der Waals surface area contributed by atoms with Gasteiger partial charge in [-0.1, -0.05) is 29.8 Å². The van der Waals surface area contributed by atoms with Gasteiger partial charge in [-0.2, -0.15) is 0 Å². The third-order valence-corrected chi connectivity index (χ3v) is 4.37. The second kappa shape index (κ2) is 7.01. The maximum atomic E-state index is 12.5. The Hall–Kier alpha value is -2.07. The highest BCUT2D eigenvalue weighted by molar-refractivity contribution is 5.94. The minimum absolute atomic E-state index is 0.0271. The summed E-state index contributed by atoms with van der Waals surface area (Å²) in [4.78, 5) is 12.5. The van der Waals surface area contributed by atoms with Crippen LogP contribution in [0.4, 0.5) is 0 Å². The molecule has 0 spiro atoms. The summed E-state index contributed by atoms with van der Waals surface area (Å²) in [6.45, 7) is 6.30. The molecule has 1 aliphatic rings. The number of aryl methyl sites for hydroxylation is 2. The number of amides is 1. The monoisotopic (exact) mass is 312 g/mol. The van der Waals surface area contributed by atoms with Crippen molar-refractivity contribution in [1.29, 1.82) is 0 Å². The highest BCUT2D eigenvalue weighted by Crippen LogP contribution is 2.23. The van der Waals surface area contributed by atoms with E-state index in [1.54, 1.807) is 0 Å². The second-order valence-electron chi connectivity index (χ2n) is 6.11. The van der Waals surface area contributed by atoms with Crippen molar-refractivity contribution >= 4 is 5.91 Å². The minimum Gasteiger partial charge on any atom is -0.376 e. The zero-order chi connectivity index (χ0) is 16.2. The van der Waals surface area contributed by atoms with Crippen LogP contribution in [0.3, 0.4) is 0 Å². The van der Waals surface area contributed by atoms with Crippen LogP contribution in [-0.2, 0) is 11.3 Å². The fourth-order valence-electron chi connectivity index (χ4n) is 2.97. The summed E-state index contributed by atoms with van der Waals surface area (Å²) in [6, 6.07) is 10.3. The Morgan fingerprint density at radius 1 is 1.30 bits per heavy atom. The topological polar surface area (TPSA) is 43.3 Å². The predicted octanol–water partition coefficient (Wildman–Crippen LogP) is 3.39. The van der Waals surface area contributed by atoms with Crippen molar-refractivity contribution in [1.82, 2.24) is 9.88 Å². The number of benzene rings is 1. The summed E-state index contributed by atoms with van der Waals surface area (Å²) < 4.78 is 7.56. The molecule has 1 aromatic heterocycles. The number of rotatable bonds is 5. The Labute approximate surface area is 137 Å². The van der Waals surface area contributed by atoms with Crippen molar-refractivity contribution in [3.8, 4) is 11.1 Å². The first-order valence-corrected chi connectivity index (χ1v) is 8.34. The molecule has 1 aromatic carbocycles. The van der Waals surface area contributed by atoms with Gasteiger partial charge in [-0.15, -0.1) is 0 Å². The lowest BCUT2D eigenvalue weighted by Gasteiger charge is -2.11. The summed E-state index contributed by atoms with van der Waals surface area (Å²) in [7, 11) is 0. The van der Waals surface area contributed by atoms with Gasteiger partial charge in [0.25, 0.3) is 5.91 Å². The average molecular weight is 312 g/mol. The Morgan fingerprint density at radius 2 is 2.09 bits per heavy atom. The number of hydrogen-bond acceptors (Lipinski definition) is 2. The van der Waals surface area contributed by atoms with Crippen LogP contribution in [0.1, 0.15) is 35.8 Å². The van der Waals surface area contributed by atoms with Crippen LogP contribution in [0.25, 0.3) is 11.1 Å². The van der Waals surface area contributed by atoms with E-state index in [9.17, 15) is 4.79 Å². The van der Waals surface area contributed by atoms with Gasteiger partial charge in [0.1, 0.15) is 5.69 Å². The van der Waals surface area contributed by atoms with E-state index in [0.717, 1.165) is 37.1 Å². The molecule has 0 bridgehead atoms. The summed E-state index contributed by atoms with van der Waals surface area (Å²) >= 11 is 0. The Morgan fingerprint density at radius 3 is 2.74 bits per heavy atom. The molecular weight excluding hydrogens is 288 g/mol. The average Bonchev–Trinajstić information content (AvgIpc) is 3.22. The first-order chi connectivity index (χ1) is 11.2. The molecule has 1 saturated heterocycles.